The summed E-state index contributed by atoms with van der Waals surface area (Å²) in [7, 11) is 0. The van der Waals surface area contributed by atoms with E-state index < -0.39 is 0 Å². The van der Waals surface area contributed by atoms with Crippen molar-refractivity contribution in [2.45, 2.75) is 46.7 Å². The van der Waals surface area contributed by atoms with Crippen molar-refractivity contribution in [3.05, 3.63) is 6.54 Å². The Morgan fingerprint density at radius 2 is 1.27 bits per heavy atom. The molecule has 0 rings (SSSR count). The molecule has 68 valence electrons. The largest absolute Gasteiger partial charge is 0.452 e. The van der Waals surface area contributed by atoms with Crippen LogP contribution in [0.2, 0.25) is 0 Å². The van der Waals surface area contributed by atoms with Crippen molar-refractivity contribution in [2.75, 3.05) is 0 Å². The van der Waals surface area contributed by atoms with E-state index in [9.17, 15) is 0 Å². The van der Waals surface area contributed by atoms with Crippen molar-refractivity contribution in [1.82, 2.24) is 4.90 Å². The van der Waals surface area contributed by atoms with E-state index in [1.54, 1.807) is 0 Å². The fourth-order valence-corrected chi connectivity index (χ4v) is 1.19. The van der Waals surface area contributed by atoms with Gasteiger partial charge >= 0.3 is 0 Å². The fourth-order valence-electron chi connectivity index (χ4n) is 1.19. The topological polar surface area (TPSA) is 3.24 Å². The first-order valence-electron chi connectivity index (χ1n) is 3.66. The molecule has 0 fully saturated rings. The molecule has 0 amide bonds. The van der Waals surface area contributed by atoms with Crippen LogP contribution in [-0.4, -0.2) is 17.0 Å². The monoisotopic (exact) mass is 212 g/mol. The van der Waals surface area contributed by atoms with Gasteiger partial charge < -0.3 is 4.90 Å². The van der Waals surface area contributed by atoms with E-state index in [1.807, 2.05) is 0 Å². The maximum Gasteiger partial charge on any atom is 0 e. The zero-order chi connectivity index (χ0) is 7.44. The Kier molecular flexibility index (Phi) is 14.7. The number of nitrogens with zero attached hydrogens (tertiary/aromatic N) is 1. The third-order valence-electron chi connectivity index (χ3n) is 1.49. The second kappa shape index (κ2) is 9.06. The summed E-state index contributed by atoms with van der Waals surface area (Å²) in [6, 6.07) is 1.27. The summed E-state index contributed by atoms with van der Waals surface area (Å²) in [5.74, 6) is 0. The zero-order valence-corrected chi connectivity index (χ0v) is 10.5. The molecule has 0 bridgehead atoms. The minimum absolute atomic E-state index is 0. The van der Waals surface area contributed by atoms with Gasteiger partial charge in [-0.1, -0.05) is 27.7 Å². The zero-order valence-electron chi connectivity index (χ0n) is 8.09. The molecular formula is C8H19ClNTi-. The average Bonchev–Trinajstić information content (AvgIpc) is 1.64. The summed E-state index contributed by atoms with van der Waals surface area (Å²) < 4.78 is 0. The molecule has 0 spiro atoms. The van der Waals surface area contributed by atoms with Gasteiger partial charge in [-0.3, -0.25) is 6.54 Å². The van der Waals surface area contributed by atoms with Gasteiger partial charge in [0.15, 0.2) is 0 Å². The fraction of sp³-hybridized carbons (Fsp3) is 0.875. The molecular weight excluding hydrogens is 193 g/mol. The minimum atomic E-state index is 0. The molecule has 0 aliphatic rings. The molecule has 0 aliphatic carbocycles. The van der Waals surface area contributed by atoms with Gasteiger partial charge in [0.1, 0.15) is 0 Å². The summed E-state index contributed by atoms with van der Waals surface area (Å²) in [6.07, 6.45) is 0. The second-order valence-electron chi connectivity index (χ2n) is 2.89. The van der Waals surface area contributed by atoms with Gasteiger partial charge in [0, 0.05) is 21.7 Å². The maximum atomic E-state index is 2.33. The Balaban J connectivity index is -0.000000320. The molecule has 0 saturated carbocycles. The van der Waals surface area contributed by atoms with Crippen LogP contribution >= 0.6 is 12.4 Å². The molecule has 3 heteroatoms. The molecule has 0 saturated heterocycles. The molecule has 0 aromatic rings. The van der Waals surface area contributed by atoms with Crippen molar-refractivity contribution in [2.24, 2.45) is 0 Å². The van der Waals surface area contributed by atoms with Crippen molar-refractivity contribution < 1.29 is 21.7 Å². The van der Waals surface area contributed by atoms with E-state index in [2.05, 4.69) is 46.1 Å². The Hall–Kier alpha value is 0.964. The van der Waals surface area contributed by atoms with Crippen molar-refractivity contribution in [3.63, 3.8) is 0 Å². The minimum Gasteiger partial charge on any atom is -0.452 e. The van der Waals surface area contributed by atoms with Gasteiger partial charge in [-0.15, -0.1) is 12.4 Å². The first-order chi connectivity index (χ1) is 4.09. The van der Waals surface area contributed by atoms with Crippen LogP contribution in [0.5, 0.6) is 0 Å². The van der Waals surface area contributed by atoms with Gasteiger partial charge in [-0.25, -0.2) is 0 Å². The van der Waals surface area contributed by atoms with Gasteiger partial charge in [0.25, 0.3) is 0 Å². The SMILES string of the molecule is C[CH-]N(C(C)C)C(C)C.Cl.[Ti]. The van der Waals surface area contributed by atoms with Crippen LogP contribution in [0.1, 0.15) is 34.6 Å². The van der Waals surface area contributed by atoms with E-state index in [0.29, 0.717) is 12.1 Å². The van der Waals surface area contributed by atoms with Crippen LogP contribution in [-0.2, 0) is 21.7 Å². The standard InChI is InChI=1S/C8H18N.ClH.Ti/c1-6-9(7(2)3)8(4)5;;/h6-8H,1-5H3;1H;/q-1;;. The van der Waals surface area contributed by atoms with Gasteiger partial charge in [-0.05, 0) is 12.1 Å². The van der Waals surface area contributed by atoms with E-state index in [1.165, 1.54) is 0 Å². The van der Waals surface area contributed by atoms with E-state index in [-0.39, 0.29) is 34.1 Å². The Morgan fingerprint density at radius 3 is 1.27 bits per heavy atom. The Morgan fingerprint density at radius 1 is 1.00 bits per heavy atom. The molecule has 0 aliphatic heterocycles. The molecule has 0 unspecified atom stereocenters. The third-order valence-corrected chi connectivity index (χ3v) is 1.49. The summed E-state index contributed by atoms with van der Waals surface area (Å²) in [5, 5.41) is 0. The summed E-state index contributed by atoms with van der Waals surface area (Å²) >= 11 is 0. The predicted octanol–water partition coefficient (Wildman–Crippen LogP) is 2.71. The summed E-state index contributed by atoms with van der Waals surface area (Å²) in [6.45, 7) is 13.1. The quantitative estimate of drug-likeness (QED) is 0.514. The Bertz CT molecular complexity index is 68.5. The average molecular weight is 213 g/mol. The van der Waals surface area contributed by atoms with Crippen LogP contribution in [0.15, 0.2) is 0 Å². The van der Waals surface area contributed by atoms with Crippen LogP contribution in [0.4, 0.5) is 0 Å². The van der Waals surface area contributed by atoms with Crippen LogP contribution in [0.25, 0.3) is 0 Å². The van der Waals surface area contributed by atoms with Gasteiger partial charge in [-0.2, -0.15) is 6.92 Å². The van der Waals surface area contributed by atoms with Crippen molar-refractivity contribution in [3.8, 4) is 0 Å². The third kappa shape index (κ3) is 7.33. The van der Waals surface area contributed by atoms with Crippen LogP contribution in [0, 0.1) is 6.54 Å². The molecule has 0 N–H and O–H groups in total. The number of rotatable bonds is 3. The first kappa shape index (κ1) is 17.9. The molecule has 0 aromatic heterocycles. The van der Waals surface area contributed by atoms with Crippen molar-refractivity contribution >= 4 is 12.4 Å². The van der Waals surface area contributed by atoms with Gasteiger partial charge in [0.05, 0.1) is 0 Å². The predicted molar refractivity (Wildman–Crippen MR) is 49.3 cm³/mol. The van der Waals surface area contributed by atoms with E-state index in [0.717, 1.165) is 0 Å². The maximum absolute atomic E-state index is 2.33. The van der Waals surface area contributed by atoms with Crippen molar-refractivity contribution in [1.29, 1.82) is 0 Å². The molecule has 0 aromatic carbocycles. The Labute approximate surface area is 92.2 Å². The number of hydrogen-bond donors (Lipinski definition) is 0. The summed E-state index contributed by atoms with van der Waals surface area (Å²) in [5.41, 5.74) is 0. The number of hydrogen-bond acceptors (Lipinski definition) is 1. The second-order valence-corrected chi connectivity index (χ2v) is 2.89. The smallest absolute Gasteiger partial charge is 0 e. The normalized spacial score (nSPS) is 9.82. The molecule has 1 nitrogen and oxygen atoms in total. The van der Waals surface area contributed by atoms with E-state index in [4.69, 9.17) is 0 Å². The molecule has 0 radical (unpaired) electrons. The molecule has 0 atom stereocenters. The van der Waals surface area contributed by atoms with Gasteiger partial charge in [0.2, 0.25) is 0 Å². The molecule has 0 heterocycles. The molecule has 11 heavy (non-hydrogen) atoms. The number of halogens is 1. The summed E-state index contributed by atoms with van der Waals surface area (Å²) in [4.78, 5) is 2.33. The van der Waals surface area contributed by atoms with Crippen LogP contribution < -0.4 is 0 Å². The van der Waals surface area contributed by atoms with E-state index >= 15 is 0 Å². The van der Waals surface area contributed by atoms with Crippen LogP contribution in [0.3, 0.4) is 0 Å². The first-order valence-corrected chi connectivity index (χ1v) is 3.66.